The van der Waals surface area contributed by atoms with E-state index in [1.807, 2.05) is 6.29 Å². The molecule has 0 aromatic carbocycles. The third-order valence-corrected chi connectivity index (χ3v) is 2.32. The Hall–Kier alpha value is -0.860. The van der Waals surface area contributed by atoms with Crippen molar-refractivity contribution < 1.29 is 9.59 Å². The highest BCUT2D eigenvalue weighted by atomic mass is 16.2. The number of rotatable bonds is 2. The Kier molecular flexibility index (Phi) is 2.84. The van der Waals surface area contributed by atoms with Gasteiger partial charge in [0.25, 0.3) is 0 Å². The second-order valence-electron chi connectivity index (χ2n) is 3.43. The topological polar surface area (TPSA) is 46.2 Å². The molecule has 0 spiro atoms. The first-order valence-electron chi connectivity index (χ1n) is 4.37. The number of amides is 1. The van der Waals surface area contributed by atoms with Gasteiger partial charge in [-0.1, -0.05) is 19.3 Å². The molecule has 0 atom stereocenters. The first-order chi connectivity index (χ1) is 5.68. The van der Waals surface area contributed by atoms with E-state index >= 15 is 0 Å². The lowest BCUT2D eigenvalue weighted by atomic mass is 9.83. The molecule has 1 aliphatic carbocycles. The van der Waals surface area contributed by atoms with Crippen LogP contribution in [0.5, 0.6) is 0 Å². The summed E-state index contributed by atoms with van der Waals surface area (Å²) in [5.41, 5.74) is -0.663. The van der Waals surface area contributed by atoms with Gasteiger partial charge in [-0.25, -0.2) is 0 Å². The Morgan fingerprint density at radius 1 is 1.33 bits per heavy atom. The highest BCUT2D eigenvalue weighted by molar-refractivity contribution is 5.80. The van der Waals surface area contributed by atoms with Gasteiger partial charge in [0.05, 0.1) is 0 Å². The van der Waals surface area contributed by atoms with E-state index in [1.165, 1.54) is 6.92 Å². The first kappa shape index (κ1) is 9.23. The van der Waals surface area contributed by atoms with Gasteiger partial charge in [0.2, 0.25) is 12.2 Å². The molecule has 0 bridgehead atoms. The molecule has 0 aromatic heterocycles. The summed E-state index contributed by atoms with van der Waals surface area (Å²) in [6.07, 6.45) is 6.63. The quantitative estimate of drug-likeness (QED) is 0.666. The van der Waals surface area contributed by atoms with Gasteiger partial charge in [0, 0.05) is 6.92 Å². The van der Waals surface area contributed by atoms with E-state index in [-0.39, 0.29) is 5.91 Å². The lowest BCUT2D eigenvalue weighted by Gasteiger charge is -2.31. The minimum absolute atomic E-state index is 0.139. The maximum Gasteiger partial charge on any atom is 0.226 e. The molecule has 67 valence electrons. The number of nitrogens with one attached hydrogen (secondary N) is 1. The Labute approximate surface area is 72.5 Å². The third kappa shape index (κ3) is 2.06. The molecule has 1 saturated carbocycles. The average molecular weight is 168 g/mol. The van der Waals surface area contributed by atoms with E-state index < -0.39 is 5.54 Å². The molecule has 1 aliphatic rings. The Morgan fingerprint density at radius 2 is 1.92 bits per heavy atom. The Balaban J connectivity index is 2.59. The molecule has 3 heteroatoms. The van der Waals surface area contributed by atoms with Crippen LogP contribution in [-0.2, 0) is 9.59 Å². The predicted molar refractivity (Wildman–Crippen MR) is 45.3 cm³/mol. The van der Waals surface area contributed by atoms with E-state index in [0.717, 1.165) is 32.1 Å². The second kappa shape index (κ2) is 3.70. The average Bonchev–Trinajstić information content (AvgIpc) is 2.05. The van der Waals surface area contributed by atoms with E-state index in [2.05, 4.69) is 5.32 Å². The fraction of sp³-hybridized carbons (Fsp3) is 0.778. The summed E-state index contributed by atoms with van der Waals surface area (Å²) < 4.78 is 0. The van der Waals surface area contributed by atoms with Gasteiger partial charge in [-0.05, 0) is 12.8 Å². The summed E-state index contributed by atoms with van der Waals surface area (Å²) in [7, 11) is 0. The van der Waals surface area contributed by atoms with Crippen molar-refractivity contribution in [1.82, 2.24) is 5.32 Å². The van der Waals surface area contributed by atoms with Gasteiger partial charge in [0.15, 0.2) is 0 Å². The van der Waals surface area contributed by atoms with Crippen LogP contribution in [0.25, 0.3) is 0 Å². The van der Waals surface area contributed by atoms with Crippen LogP contribution in [0, 0.1) is 0 Å². The minimum atomic E-state index is -0.663. The maximum absolute atomic E-state index is 10.8. The third-order valence-electron chi connectivity index (χ3n) is 2.32. The van der Waals surface area contributed by atoms with Crippen LogP contribution in [0.3, 0.4) is 0 Å². The summed E-state index contributed by atoms with van der Waals surface area (Å²) in [6, 6.07) is 0. The van der Waals surface area contributed by atoms with Crippen LogP contribution in [0.4, 0.5) is 0 Å². The normalized spacial score (nSPS) is 21.4. The van der Waals surface area contributed by atoms with Crippen molar-refractivity contribution in [2.75, 3.05) is 0 Å². The largest absolute Gasteiger partial charge is 0.343 e. The van der Waals surface area contributed by atoms with Gasteiger partial charge < -0.3 is 5.32 Å². The lowest BCUT2D eigenvalue weighted by Crippen LogP contribution is -2.50. The summed E-state index contributed by atoms with van der Waals surface area (Å²) in [6.45, 7) is 1.44. The van der Waals surface area contributed by atoms with E-state index in [9.17, 15) is 9.59 Å². The molecule has 1 amide bonds. The Morgan fingerprint density at radius 3 is 2.33 bits per heavy atom. The highest BCUT2D eigenvalue weighted by Crippen LogP contribution is 2.26. The van der Waals surface area contributed by atoms with Gasteiger partial charge in [-0.15, -0.1) is 0 Å². The smallest absolute Gasteiger partial charge is 0.226 e. The molecule has 1 N–H and O–H groups in total. The van der Waals surface area contributed by atoms with Gasteiger partial charge in [-0.2, -0.15) is 0 Å². The summed E-state index contributed by atoms with van der Waals surface area (Å²) in [4.78, 5) is 21.5. The zero-order valence-corrected chi connectivity index (χ0v) is 7.35. The minimum Gasteiger partial charge on any atom is -0.343 e. The first-order valence-corrected chi connectivity index (χ1v) is 4.37. The molecule has 0 unspecified atom stereocenters. The highest BCUT2D eigenvalue weighted by Gasteiger charge is 2.33. The van der Waals surface area contributed by atoms with Crippen molar-refractivity contribution in [2.24, 2.45) is 0 Å². The molecule has 12 heavy (non-hydrogen) atoms. The van der Waals surface area contributed by atoms with Crippen LogP contribution in [0.2, 0.25) is 0 Å². The van der Waals surface area contributed by atoms with E-state index in [4.69, 9.17) is 0 Å². The predicted octanol–water partition coefficient (Wildman–Crippen LogP) is 0.935. The van der Waals surface area contributed by atoms with Crippen LogP contribution < -0.4 is 5.32 Å². The van der Waals surface area contributed by atoms with Crippen molar-refractivity contribution in [1.29, 1.82) is 0 Å². The molecule has 0 aliphatic heterocycles. The number of hydrogen-bond donors (Lipinski definition) is 1. The van der Waals surface area contributed by atoms with Crippen molar-refractivity contribution in [3.8, 4) is 0 Å². The van der Waals surface area contributed by atoms with Gasteiger partial charge in [0.1, 0.15) is 5.54 Å². The number of carbonyl (C=O) groups is 1. The van der Waals surface area contributed by atoms with E-state index in [1.54, 1.807) is 0 Å². The van der Waals surface area contributed by atoms with Crippen LogP contribution in [0.1, 0.15) is 39.0 Å². The molecule has 0 heterocycles. The SMILES string of the molecule is CC(=O)NC1([C]=O)CCCCC1. The number of hydrogen-bond acceptors (Lipinski definition) is 2. The number of carbonyl (C=O) groups excluding carboxylic acids is 2. The fourth-order valence-electron chi connectivity index (χ4n) is 1.74. The zero-order chi connectivity index (χ0) is 9.03. The van der Waals surface area contributed by atoms with Gasteiger partial charge >= 0.3 is 0 Å². The zero-order valence-electron chi connectivity index (χ0n) is 7.35. The summed E-state index contributed by atoms with van der Waals surface area (Å²) in [5.74, 6) is -0.139. The van der Waals surface area contributed by atoms with Crippen molar-refractivity contribution in [3.63, 3.8) is 0 Å². The maximum atomic E-state index is 10.8. The molecular weight excluding hydrogens is 154 g/mol. The van der Waals surface area contributed by atoms with Crippen LogP contribution in [-0.4, -0.2) is 17.7 Å². The molecule has 0 saturated heterocycles. The van der Waals surface area contributed by atoms with Crippen molar-refractivity contribution in [3.05, 3.63) is 0 Å². The van der Waals surface area contributed by atoms with E-state index in [0.29, 0.717) is 0 Å². The molecule has 3 nitrogen and oxygen atoms in total. The fourth-order valence-corrected chi connectivity index (χ4v) is 1.74. The lowest BCUT2D eigenvalue weighted by molar-refractivity contribution is -0.120. The van der Waals surface area contributed by atoms with Crippen LogP contribution in [0.15, 0.2) is 0 Å². The summed E-state index contributed by atoms with van der Waals surface area (Å²) in [5, 5.41) is 2.68. The standard InChI is InChI=1S/C9H14NO2/c1-8(12)10-9(7-11)5-3-2-4-6-9/h2-6H2,1H3,(H,10,12). The molecule has 1 radical (unpaired) electrons. The molecule has 1 rings (SSSR count). The summed E-state index contributed by atoms with van der Waals surface area (Å²) >= 11 is 0. The monoisotopic (exact) mass is 168 g/mol. The second-order valence-corrected chi connectivity index (χ2v) is 3.43. The van der Waals surface area contributed by atoms with Crippen molar-refractivity contribution in [2.45, 2.75) is 44.6 Å². The van der Waals surface area contributed by atoms with Crippen LogP contribution >= 0.6 is 0 Å². The molecule has 1 fully saturated rings. The molecular formula is C9H14NO2. The van der Waals surface area contributed by atoms with Gasteiger partial charge in [-0.3, -0.25) is 9.59 Å². The van der Waals surface area contributed by atoms with Crippen molar-refractivity contribution >= 4 is 12.2 Å². The Bertz CT molecular complexity index is 183. The molecule has 0 aromatic rings.